The number of halogens is 2. The SMILES string of the molecule is O=C(O)Cn1cc(Br)c2cccc(F)c21. The number of nitrogens with zero attached hydrogens (tertiary/aromatic N) is 1. The van der Waals surface area contributed by atoms with Crippen LogP contribution in [0.15, 0.2) is 28.9 Å². The molecule has 1 aromatic carbocycles. The predicted molar refractivity (Wildman–Crippen MR) is 57.2 cm³/mol. The molecule has 1 aromatic heterocycles. The van der Waals surface area contributed by atoms with Gasteiger partial charge in [-0.05, 0) is 22.0 Å². The van der Waals surface area contributed by atoms with Crippen LogP contribution in [0.1, 0.15) is 0 Å². The average molecular weight is 272 g/mol. The molecule has 1 N–H and O–H groups in total. The Kier molecular flexibility index (Phi) is 2.48. The summed E-state index contributed by atoms with van der Waals surface area (Å²) in [4.78, 5) is 10.6. The smallest absolute Gasteiger partial charge is 0.323 e. The molecule has 15 heavy (non-hydrogen) atoms. The van der Waals surface area contributed by atoms with Crippen molar-refractivity contribution in [2.75, 3.05) is 0 Å². The van der Waals surface area contributed by atoms with Crippen LogP contribution < -0.4 is 0 Å². The van der Waals surface area contributed by atoms with E-state index in [0.29, 0.717) is 15.4 Å². The van der Waals surface area contributed by atoms with Crippen LogP contribution >= 0.6 is 15.9 Å². The number of carbonyl (C=O) groups is 1. The van der Waals surface area contributed by atoms with Crippen LogP contribution in [-0.2, 0) is 11.3 Å². The van der Waals surface area contributed by atoms with Crippen molar-refractivity contribution >= 4 is 32.8 Å². The van der Waals surface area contributed by atoms with Crippen molar-refractivity contribution in [2.45, 2.75) is 6.54 Å². The summed E-state index contributed by atoms with van der Waals surface area (Å²) in [5, 5.41) is 9.35. The van der Waals surface area contributed by atoms with E-state index in [1.165, 1.54) is 10.6 Å². The first-order valence-electron chi connectivity index (χ1n) is 4.24. The van der Waals surface area contributed by atoms with Gasteiger partial charge in [-0.3, -0.25) is 4.79 Å². The van der Waals surface area contributed by atoms with Crippen LogP contribution in [0.25, 0.3) is 10.9 Å². The topological polar surface area (TPSA) is 42.2 Å². The van der Waals surface area contributed by atoms with Crippen molar-refractivity contribution < 1.29 is 14.3 Å². The molecule has 0 amide bonds. The number of fused-ring (bicyclic) bond motifs is 1. The number of hydrogen-bond donors (Lipinski definition) is 1. The molecule has 2 rings (SSSR count). The van der Waals surface area contributed by atoms with E-state index in [1.54, 1.807) is 18.3 Å². The molecule has 3 nitrogen and oxygen atoms in total. The molecule has 0 fully saturated rings. The van der Waals surface area contributed by atoms with Gasteiger partial charge in [0.25, 0.3) is 0 Å². The number of benzene rings is 1. The first-order valence-corrected chi connectivity index (χ1v) is 5.03. The minimum Gasteiger partial charge on any atom is -0.480 e. The third-order valence-corrected chi connectivity index (χ3v) is 2.74. The summed E-state index contributed by atoms with van der Waals surface area (Å²) in [5.41, 5.74) is 0.312. The molecule has 0 atom stereocenters. The lowest BCUT2D eigenvalue weighted by Gasteiger charge is -2.01. The van der Waals surface area contributed by atoms with Gasteiger partial charge in [-0.2, -0.15) is 0 Å². The molecule has 0 aliphatic rings. The normalized spacial score (nSPS) is 10.8. The maximum absolute atomic E-state index is 13.5. The molecule has 0 radical (unpaired) electrons. The zero-order valence-corrected chi connectivity index (χ0v) is 9.16. The Morgan fingerprint density at radius 2 is 2.27 bits per heavy atom. The first-order chi connectivity index (χ1) is 7.09. The van der Waals surface area contributed by atoms with E-state index in [0.717, 1.165) is 0 Å². The number of carboxylic acids is 1. The highest BCUT2D eigenvalue weighted by atomic mass is 79.9. The van der Waals surface area contributed by atoms with Gasteiger partial charge in [0.2, 0.25) is 0 Å². The molecular weight excluding hydrogens is 265 g/mol. The molecule has 78 valence electrons. The lowest BCUT2D eigenvalue weighted by molar-refractivity contribution is -0.137. The van der Waals surface area contributed by atoms with Crippen LogP contribution in [0, 0.1) is 5.82 Å². The number of aromatic nitrogens is 1. The van der Waals surface area contributed by atoms with Crippen LogP contribution in [-0.4, -0.2) is 15.6 Å². The lowest BCUT2D eigenvalue weighted by Crippen LogP contribution is -2.07. The van der Waals surface area contributed by atoms with E-state index in [-0.39, 0.29) is 6.54 Å². The molecule has 0 saturated carbocycles. The third-order valence-electron chi connectivity index (χ3n) is 2.11. The van der Waals surface area contributed by atoms with Gasteiger partial charge in [0.05, 0.1) is 5.52 Å². The quantitative estimate of drug-likeness (QED) is 0.913. The molecule has 0 saturated heterocycles. The Bertz CT molecular complexity index is 535. The van der Waals surface area contributed by atoms with E-state index in [1.807, 2.05) is 0 Å². The van der Waals surface area contributed by atoms with E-state index in [9.17, 15) is 9.18 Å². The number of aliphatic carboxylic acids is 1. The van der Waals surface area contributed by atoms with Gasteiger partial charge in [0.15, 0.2) is 0 Å². The summed E-state index contributed by atoms with van der Waals surface area (Å²) in [5.74, 6) is -1.41. The molecule has 0 bridgehead atoms. The highest BCUT2D eigenvalue weighted by Gasteiger charge is 2.12. The van der Waals surface area contributed by atoms with Crippen molar-refractivity contribution in [3.05, 3.63) is 34.7 Å². The minimum absolute atomic E-state index is 0.247. The molecular formula is C10H7BrFNO2. The molecule has 0 unspecified atom stereocenters. The summed E-state index contributed by atoms with van der Waals surface area (Å²) in [6.07, 6.45) is 1.57. The number of para-hydroxylation sites is 1. The van der Waals surface area contributed by atoms with Gasteiger partial charge >= 0.3 is 5.97 Å². The molecule has 5 heteroatoms. The van der Waals surface area contributed by atoms with Crippen molar-refractivity contribution in [3.63, 3.8) is 0 Å². The first kappa shape index (κ1) is 10.2. The van der Waals surface area contributed by atoms with Crippen molar-refractivity contribution in [1.29, 1.82) is 0 Å². The molecule has 2 aromatic rings. The zero-order valence-electron chi connectivity index (χ0n) is 7.58. The van der Waals surface area contributed by atoms with Gasteiger partial charge < -0.3 is 9.67 Å². The van der Waals surface area contributed by atoms with Crippen molar-refractivity contribution in [2.24, 2.45) is 0 Å². The summed E-state index contributed by atoms with van der Waals surface area (Å²) < 4.78 is 15.5. The summed E-state index contributed by atoms with van der Waals surface area (Å²) >= 11 is 3.26. The fourth-order valence-corrected chi connectivity index (χ4v) is 2.11. The Balaban J connectivity index is 2.70. The minimum atomic E-state index is -0.998. The van der Waals surface area contributed by atoms with E-state index in [4.69, 9.17) is 5.11 Å². The number of rotatable bonds is 2. The van der Waals surface area contributed by atoms with Crippen LogP contribution in [0.5, 0.6) is 0 Å². The van der Waals surface area contributed by atoms with Crippen LogP contribution in [0.2, 0.25) is 0 Å². The Morgan fingerprint density at radius 1 is 1.53 bits per heavy atom. The monoisotopic (exact) mass is 271 g/mol. The third kappa shape index (κ3) is 1.74. The maximum Gasteiger partial charge on any atom is 0.323 e. The van der Waals surface area contributed by atoms with Crippen LogP contribution in [0.3, 0.4) is 0 Å². The van der Waals surface area contributed by atoms with Gasteiger partial charge in [-0.25, -0.2) is 4.39 Å². The second kappa shape index (κ2) is 3.66. The molecule has 1 heterocycles. The van der Waals surface area contributed by atoms with Crippen molar-refractivity contribution in [1.82, 2.24) is 4.57 Å². The molecule has 0 aliphatic heterocycles. The van der Waals surface area contributed by atoms with Crippen LogP contribution in [0.4, 0.5) is 4.39 Å². The lowest BCUT2D eigenvalue weighted by atomic mass is 10.2. The standard InChI is InChI=1S/C10H7BrFNO2/c11-7-4-13(5-9(14)15)10-6(7)2-1-3-8(10)12/h1-4H,5H2,(H,14,15). The second-order valence-corrected chi connectivity index (χ2v) is 3.99. The Hall–Kier alpha value is -1.36. The Labute approximate surface area is 93.3 Å². The van der Waals surface area contributed by atoms with Gasteiger partial charge in [0, 0.05) is 16.1 Å². The van der Waals surface area contributed by atoms with E-state index < -0.39 is 11.8 Å². The van der Waals surface area contributed by atoms with E-state index in [2.05, 4.69) is 15.9 Å². The molecule has 0 spiro atoms. The largest absolute Gasteiger partial charge is 0.480 e. The highest BCUT2D eigenvalue weighted by Crippen LogP contribution is 2.27. The van der Waals surface area contributed by atoms with Gasteiger partial charge in [-0.15, -0.1) is 0 Å². The summed E-state index contributed by atoms with van der Waals surface area (Å²) in [7, 11) is 0. The molecule has 0 aliphatic carbocycles. The highest BCUT2D eigenvalue weighted by molar-refractivity contribution is 9.10. The average Bonchev–Trinajstić information content (AvgIpc) is 2.44. The Morgan fingerprint density at radius 3 is 2.93 bits per heavy atom. The number of carboxylic acid groups (broad SMARTS) is 1. The van der Waals surface area contributed by atoms with Crippen molar-refractivity contribution in [3.8, 4) is 0 Å². The summed E-state index contributed by atoms with van der Waals surface area (Å²) in [6, 6.07) is 4.64. The fourth-order valence-electron chi connectivity index (χ4n) is 1.54. The van der Waals surface area contributed by atoms with Gasteiger partial charge in [0.1, 0.15) is 12.4 Å². The van der Waals surface area contributed by atoms with Gasteiger partial charge in [-0.1, -0.05) is 12.1 Å². The number of hydrogen-bond acceptors (Lipinski definition) is 1. The van der Waals surface area contributed by atoms with E-state index >= 15 is 0 Å². The predicted octanol–water partition coefficient (Wildman–Crippen LogP) is 2.63. The zero-order chi connectivity index (χ0) is 11.0. The fraction of sp³-hybridized carbons (Fsp3) is 0.100. The maximum atomic E-state index is 13.5. The summed E-state index contributed by atoms with van der Waals surface area (Å²) in [6.45, 7) is -0.247. The second-order valence-electron chi connectivity index (χ2n) is 3.13.